The van der Waals surface area contributed by atoms with Gasteiger partial charge in [0, 0.05) is 42.3 Å². The summed E-state index contributed by atoms with van der Waals surface area (Å²) < 4.78 is 2.10. The van der Waals surface area contributed by atoms with Gasteiger partial charge < -0.3 is 9.88 Å². The number of amides is 1. The summed E-state index contributed by atoms with van der Waals surface area (Å²) in [6.45, 7) is 1.22. The largest absolute Gasteiger partial charge is 0.355 e. The molecule has 1 aromatic heterocycles. The van der Waals surface area contributed by atoms with Gasteiger partial charge in [-0.25, -0.2) is 5.43 Å². The molecule has 0 bridgehead atoms. The molecule has 2 unspecified atom stereocenters. The highest BCUT2D eigenvalue weighted by Crippen LogP contribution is 2.26. The van der Waals surface area contributed by atoms with E-state index in [1.807, 2.05) is 55.6 Å². The van der Waals surface area contributed by atoms with E-state index >= 15 is 0 Å². The summed E-state index contributed by atoms with van der Waals surface area (Å²) in [6, 6.07) is 16.0. The molecule has 27 heavy (non-hydrogen) atoms. The predicted octanol–water partition coefficient (Wildman–Crippen LogP) is 2.96. The maximum absolute atomic E-state index is 12.7. The van der Waals surface area contributed by atoms with Crippen LogP contribution in [0, 0.1) is 5.92 Å². The van der Waals surface area contributed by atoms with Gasteiger partial charge in [-0.15, -0.1) is 0 Å². The quantitative estimate of drug-likeness (QED) is 0.636. The van der Waals surface area contributed by atoms with E-state index in [0.29, 0.717) is 13.1 Å². The Labute approximate surface area is 163 Å². The summed E-state index contributed by atoms with van der Waals surface area (Å²) in [4.78, 5) is 12.7. The Kier molecular flexibility index (Phi) is 5.16. The monoisotopic (exact) mass is 382 g/mol. The average molecular weight is 383 g/mol. The number of aryl methyl sites for hydroxylation is 1. The van der Waals surface area contributed by atoms with E-state index in [0.717, 1.165) is 27.9 Å². The number of fused-ring (bicyclic) bond motifs is 1. The smallest absolute Gasteiger partial charge is 0.226 e. The molecule has 4 rings (SSSR count). The fourth-order valence-corrected chi connectivity index (χ4v) is 3.99. The Morgan fingerprint density at radius 2 is 2.07 bits per heavy atom. The van der Waals surface area contributed by atoms with Crippen LogP contribution in [0.25, 0.3) is 10.9 Å². The zero-order valence-corrected chi connectivity index (χ0v) is 16.0. The molecule has 2 atom stereocenters. The number of aromatic nitrogens is 1. The molecule has 6 heteroatoms. The summed E-state index contributed by atoms with van der Waals surface area (Å²) in [7, 11) is 2.03. The summed E-state index contributed by atoms with van der Waals surface area (Å²) in [6.07, 6.45) is 2.88. The Morgan fingerprint density at radius 3 is 2.89 bits per heavy atom. The molecule has 1 aliphatic heterocycles. The van der Waals surface area contributed by atoms with E-state index in [9.17, 15) is 4.79 Å². The number of hydrogen-bond donors (Lipinski definition) is 3. The fourth-order valence-electron chi connectivity index (χ4n) is 3.81. The lowest BCUT2D eigenvalue weighted by Crippen LogP contribution is -2.36. The normalized spacial score (nSPS) is 19.5. The minimum atomic E-state index is -0.130. The molecule has 0 aliphatic carbocycles. The maximum Gasteiger partial charge on any atom is 0.226 e. The second kappa shape index (κ2) is 7.72. The van der Waals surface area contributed by atoms with Crippen LogP contribution in [0.5, 0.6) is 0 Å². The molecule has 3 aromatic rings. The number of benzene rings is 2. The van der Waals surface area contributed by atoms with Gasteiger partial charge in [-0.1, -0.05) is 41.9 Å². The van der Waals surface area contributed by atoms with Crippen molar-refractivity contribution >= 4 is 28.4 Å². The summed E-state index contributed by atoms with van der Waals surface area (Å²) in [5, 5.41) is 4.97. The van der Waals surface area contributed by atoms with Gasteiger partial charge in [0.05, 0.1) is 12.0 Å². The first-order valence-corrected chi connectivity index (χ1v) is 9.56. The number of carbonyl (C=O) groups is 1. The lowest BCUT2D eigenvalue weighted by atomic mass is 9.94. The van der Waals surface area contributed by atoms with Crippen molar-refractivity contribution in [1.29, 1.82) is 0 Å². The first-order valence-electron chi connectivity index (χ1n) is 9.18. The van der Waals surface area contributed by atoms with Gasteiger partial charge in [-0.3, -0.25) is 10.2 Å². The Bertz CT molecular complexity index is 953. The van der Waals surface area contributed by atoms with Gasteiger partial charge in [-0.2, -0.15) is 0 Å². The zero-order chi connectivity index (χ0) is 18.8. The van der Waals surface area contributed by atoms with Gasteiger partial charge >= 0.3 is 0 Å². The zero-order valence-electron chi connectivity index (χ0n) is 15.2. The number of carbonyl (C=O) groups excluding carboxylic acids is 1. The van der Waals surface area contributed by atoms with Crippen LogP contribution in [0.15, 0.2) is 54.7 Å². The molecule has 140 valence electrons. The summed E-state index contributed by atoms with van der Waals surface area (Å²) in [5.41, 5.74) is 9.79. The van der Waals surface area contributed by atoms with Gasteiger partial charge in [0.1, 0.15) is 0 Å². The SMILES string of the molecule is Cn1cc(CCNC(=O)C2CNNC2c2ccccc2)c2cc(Cl)ccc21. The van der Waals surface area contributed by atoms with Gasteiger partial charge in [0.25, 0.3) is 0 Å². The van der Waals surface area contributed by atoms with E-state index in [4.69, 9.17) is 11.6 Å². The summed E-state index contributed by atoms with van der Waals surface area (Å²) in [5.74, 6) is -0.0611. The number of nitrogens with zero attached hydrogens (tertiary/aromatic N) is 1. The number of hydrogen-bond acceptors (Lipinski definition) is 3. The van der Waals surface area contributed by atoms with E-state index < -0.39 is 0 Å². The van der Waals surface area contributed by atoms with Crippen molar-refractivity contribution in [3.63, 3.8) is 0 Å². The molecule has 0 spiro atoms. The van der Waals surface area contributed by atoms with Crippen molar-refractivity contribution < 1.29 is 4.79 Å². The molecule has 3 N–H and O–H groups in total. The van der Waals surface area contributed by atoms with Crippen LogP contribution in [0.1, 0.15) is 17.2 Å². The maximum atomic E-state index is 12.7. The Balaban J connectivity index is 1.41. The highest BCUT2D eigenvalue weighted by atomic mass is 35.5. The predicted molar refractivity (Wildman–Crippen MR) is 108 cm³/mol. The van der Waals surface area contributed by atoms with Crippen molar-refractivity contribution in [1.82, 2.24) is 20.7 Å². The Morgan fingerprint density at radius 1 is 1.26 bits per heavy atom. The van der Waals surface area contributed by atoms with E-state index in [2.05, 4.69) is 26.9 Å². The molecular formula is C21H23ClN4O. The lowest BCUT2D eigenvalue weighted by Gasteiger charge is -2.18. The van der Waals surface area contributed by atoms with Crippen molar-refractivity contribution in [3.8, 4) is 0 Å². The highest BCUT2D eigenvalue weighted by Gasteiger charge is 2.33. The van der Waals surface area contributed by atoms with Crippen LogP contribution in [0.3, 0.4) is 0 Å². The lowest BCUT2D eigenvalue weighted by molar-refractivity contribution is -0.124. The molecular weight excluding hydrogens is 360 g/mol. The minimum absolute atomic E-state index is 0.0115. The van der Waals surface area contributed by atoms with Crippen LogP contribution < -0.4 is 16.2 Å². The fraction of sp³-hybridized carbons (Fsp3) is 0.286. The molecule has 1 saturated heterocycles. The highest BCUT2D eigenvalue weighted by molar-refractivity contribution is 6.31. The second-order valence-electron chi connectivity index (χ2n) is 6.99. The van der Waals surface area contributed by atoms with Gasteiger partial charge in [0.15, 0.2) is 0 Å². The molecule has 1 fully saturated rings. The third kappa shape index (κ3) is 3.72. The number of halogens is 1. The van der Waals surface area contributed by atoms with Crippen molar-refractivity contribution in [2.24, 2.45) is 13.0 Å². The van der Waals surface area contributed by atoms with Gasteiger partial charge in [-0.05, 0) is 35.7 Å². The topological polar surface area (TPSA) is 58.1 Å². The van der Waals surface area contributed by atoms with Crippen LogP contribution in [0.2, 0.25) is 5.02 Å². The number of rotatable bonds is 5. The van der Waals surface area contributed by atoms with Crippen LogP contribution in [-0.4, -0.2) is 23.6 Å². The van der Waals surface area contributed by atoms with Crippen molar-refractivity contribution in [2.45, 2.75) is 12.5 Å². The third-order valence-corrected chi connectivity index (χ3v) is 5.44. The number of nitrogens with one attached hydrogen (secondary N) is 3. The van der Waals surface area contributed by atoms with Gasteiger partial charge in [0.2, 0.25) is 5.91 Å². The van der Waals surface area contributed by atoms with E-state index in [1.165, 1.54) is 5.56 Å². The first kappa shape index (κ1) is 18.0. The van der Waals surface area contributed by atoms with Crippen LogP contribution >= 0.6 is 11.6 Å². The van der Waals surface area contributed by atoms with Crippen LogP contribution in [-0.2, 0) is 18.3 Å². The number of hydrazine groups is 1. The molecule has 2 heterocycles. The average Bonchev–Trinajstić information content (AvgIpc) is 3.28. The summed E-state index contributed by atoms with van der Waals surface area (Å²) >= 11 is 6.15. The van der Waals surface area contributed by atoms with Crippen molar-refractivity contribution in [2.75, 3.05) is 13.1 Å². The molecule has 5 nitrogen and oxygen atoms in total. The molecule has 0 saturated carbocycles. The third-order valence-electron chi connectivity index (χ3n) is 5.20. The Hall–Kier alpha value is -2.34. The molecule has 2 aromatic carbocycles. The van der Waals surface area contributed by atoms with Crippen LogP contribution in [0.4, 0.5) is 0 Å². The molecule has 1 aliphatic rings. The molecule has 1 amide bonds. The standard InChI is InChI=1S/C21H23ClN4O/c1-26-13-15(17-11-16(22)7-8-19(17)26)9-10-23-21(27)18-12-24-25-20(18)14-5-3-2-4-6-14/h2-8,11,13,18,20,24-25H,9-10,12H2,1H3,(H,23,27). The first-order chi connectivity index (χ1) is 13.1. The van der Waals surface area contributed by atoms with E-state index in [1.54, 1.807) is 0 Å². The van der Waals surface area contributed by atoms with E-state index in [-0.39, 0.29) is 17.9 Å². The second-order valence-corrected chi connectivity index (χ2v) is 7.42. The molecule has 0 radical (unpaired) electrons. The minimum Gasteiger partial charge on any atom is -0.355 e. The van der Waals surface area contributed by atoms with Crippen molar-refractivity contribution in [3.05, 3.63) is 70.9 Å².